The van der Waals surface area contributed by atoms with E-state index in [0.717, 1.165) is 0 Å². The molecule has 0 aromatic rings. The molecule has 5 nitrogen and oxygen atoms in total. The van der Waals surface area contributed by atoms with E-state index in [9.17, 15) is 4.79 Å². The normalized spacial score (nSPS) is 9.40. The summed E-state index contributed by atoms with van der Waals surface area (Å²) in [5.74, 6) is -0.815. The van der Waals surface area contributed by atoms with E-state index in [2.05, 4.69) is 12.6 Å². The quantitative estimate of drug-likeness (QED) is 0.444. The number of carboxylic acid groups (broad SMARTS) is 1. The Morgan fingerprint density at radius 3 is 1.90 bits per heavy atom. The van der Waals surface area contributed by atoms with Crippen molar-refractivity contribution in [2.75, 3.05) is 5.75 Å². The van der Waals surface area contributed by atoms with Crippen LogP contribution < -0.4 is 5.73 Å². The van der Waals surface area contributed by atoms with Gasteiger partial charge in [0.25, 0.3) is 0 Å². The molecule has 0 aliphatic carbocycles. The summed E-state index contributed by atoms with van der Waals surface area (Å²) < 4.78 is 0. The summed E-state index contributed by atoms with van der Waals surface area (Å²) in [5, 5.41) is 8.01. The lowest BCUT2D eigenvalue weighted by Crippen LogP contribution is -2.31. The molecule has 0 saturated carbocycles. The maximum Gasteiger partial charge on any atom is 0.321 e. The molecule has 7 N–H and O–H groups in total. The van der Waals surface area contributed by atoms with Crippen LogP contribution in [0.2, 0.25) is 0 Å². The van der Waals surface area contributed by atoms with Gasteiger partial charge in [-0.25, -0.2) is 0 Å². The molecule has 0 rings (SSSR count). The van der Waals surface area contributed by atoms with Crippen LogP contribution in [0.25, 0.3) is 0 Å². The fourth-order valence-corrected chi connectivity index (χ4v) is 0.234. The highest BCUT2D eigenvalue weighted by molar-refractivity contribution is 7.80. The van der Waals surface area contributed by atoms with E-state index >= 15 is 0 Å². The van der Waals surface area contributed by atoms with Crippen LogP contribution in [-0.2, 0) is 4.79 Å². The van der Waals surface area contributed by atoms with Gasteiger partial charge in [0, 0.05) is 5.75 Å². The number of aliphatic carboxylic acids is 1. The molecule has 0 spiro atoms. The van der Waals surface area contributed by atoms with Crippen molar-refractivity contribution in [3.63, 3.8) is 0 Å². The molecule has 7 heteroatoms. The van der Waals surface area contributed by atoms with E-state index in [0.29, 0.717) is 0 Å². The number of carbonyl (C=O) groups is 1. The Bertz CT molecular complexity index is 82.9. The van der Waals surface area contributed by atoms with Crippen LogP contribution >= 0.6 is 25.0 Å². The highest BCUT2D eigenvalue weighted by Gasteiger charge is 2.06. The second-order valence-corrected chi connectivity index (χ2v) is 1.49. The molecule has 0 heterocycles. The maximum atomic E-state index is 9.76. The van der Waals surface area contributed by atoms with Crippen LogP contribution in [0.5, 0.6) is 0 Å². The molecule has 0 aliphatic heterocycles. The Balaban J connectivity index is -0.0000000600. The number of nitrogens with two attached hydrogens (primary N) is 1. The van der Waals surface area contributed by atoms with Crippen LogP contribution in [0, 0.1) is 0 Å². The van der Waals surface area contributed by atoms with Crippen LogP contribution in [0.4, 0.5) is 0 Å². The molecular formula is C3H12ClNO4S. The molecule has 0 amide bonds. The van der Waals surface area contributed by atoms with Gasteiger partial charge < -0.3 is 21.8 Å². The average molecular weight is 194 g/mol. The third-order valence-electron chi connectivity index (χ3n) is 0.514. The van der Waals surface area contributed by atoms with E-state index in [1.165, 1.54) is 0 Å². The number of hydrogen-bond donors (Lipinski definition) is 3. The second-order valence-electron chi connectivity index (χ2n) is 1.13. The third kappa shape index (κ3) is 10.9. The second kappa shape index (κ2) is 11.7. The van der Waals surface area contributed by atoms with Crippen molar-refractivity contribution in [2.24, 2.45) is 5.73 Å². The lowest BCUT2D eigenvalue weighted by Gasteiger charge is -1.96. The molecule has 0 unspecified atom stereocenters. The molecule has 0 fully saturated rings. The standard InChI is InChI=1S/C3H7NO2S.ClH.2H2O/c4-2(1-7)3(5)6;;;/h2,7H,1,4H2,(H,5,6);1H;2*1H2/t2-;;;/m1.../s1. The maximum absolute atomic E-state index is 9.76. The monoisotopic (exact) mass is 193 g/mol. The first-order chi connectivity index (χ1) is 3.18. The minimum atomic E-state index is -1.00. The Kier molecular flexibility index (Phi) is 26.4. The summed E-state index contributed by atoms with van der Waals surface area (Å²) in [6.07, 6.45) is 0. The van der Waals surface area contributed by atoms with Gasteiger partial charge in [0.15, 0.2) is 0 Å². The topological polar surface area (TPSA) is 126 Å². The first kappa shape index (κ1) is 22.5. The van der Waals surface area contributed by atoms with Crippen LogP contribution in [-0.4, -0.2) is 33.8 Å². The van der Waals surface area contributed by atoms with Gasteiger partial charge in [0.2, 0.25) is 0 Å². The molecule has 0 saturated heterocycles. The number of hydrogen-bond acceptors (Lipinski definition) is 3. The zero-order valence-corrected chi connectivity index (χ0v) is 6.78. The van der Waals surface area contributed by atoms with Crippen LogP contribution in [0.1, 0.15) is 0 Å². The summed E-state index contributed by atoms with van der Waals surface area (Å²) in [6.45, 7) is 0. The summed E-state index contributed by atoms with van der Waals surface area (Å²) >= 11 is 3.65. The molecule has 0 radical (unpaired) electrons. The van der Waals surface area contributed by atoms with E-state index in [-0.39, 0.29) is 29.1 Å². The molecule has 0 aromatic heterocycles. The summed E-state index contributed by atoms with van der Waals surface area (Å²) in [6, 6.07) is -0.816. The number of halogens is 1. The minimum absolute atomic E-state index is 0. The molecule has 10 heavy (non-hydrogen) atoms. The van der Waals surface area contributed by atoms with E-state index in [1.54, 1.807) is 0 Å². The first-order valence-electron chi connectivity index (χ1n) is 1.77. The molecular weight excluding hydrogens is 182 g/mol. The Morgan fingerprint density at radius 2 is 1.90 bits per heavy atom. The lowest BCUT2D eigenvalue weighted by molar-refractivity contribution is -0.137. The predicted octanol–water partition coefficient (Wildman–Crippen LogP) is -1.90. The summed E-state index contributed by atoms with van der Waals surface area (Å²) in [7, 11) is 0. The van der Waals surface area contributed by atoms with Gasteiger partial charge in [0.05, 0.1) is 0 Å². The first-order valence-corrected chi connectivity index (χ1v) is 2.41. The van der Waals surface area contributed by atoms with Crippen LogP contribution in [0.3, 0.4) is 0 Å². The molecule has 1 atom stereocenters. The van der Waals surface area contributed by atoms with Gasteiger partial charge in [0.1, 0.15) is 6.04 Å². The SMILES string of the molecule is Cl.N[C@H](CS)C(=O)O.O.O. The predicted molar refractivity (Wildman–Crippen MR) is 43.9 cm³/mol. The van der Waals surface area contributed by atoms with E-state index < -0.39 is 12.0 Å². The Labute approximate surface area is 70.0 Å². The highest BCUT2D eigenvalue weighted by atomic mass is 35.5. The largest absolute Gasteiger partial charge is 0.480 e. The smallest absolute Gasteiger partial charge is 0.321 e. The fraction of sp³-hybridized carbons (Fsp3) is 0.667. The van der Waals surface area contributed by atoms with Gasteiger partial charge in [-0.2, -0.15) is 12.6 Å². The van der Waals surface area contributed by atoms with Crippen molar-refractivity contribution < 1.29 is 20.9 Å². The molecule has 0 aliphatic rings. The zero-order valence-electron chi connectivity index (χ0n) is 5.07. The number of rotatable bonds is 2. The lowest BCUT2D eigenvalue weighted by atomic mass is 10.4. The third-order valence-corrected chi connectivity index (χ3v) is 0.907. The molecule has 66 valence electrons. The van der Waals surface area contributed by atoms with Crippen molar-refractivity contribution in [3.05, 3.63) is 0 Å². The van der Waals surface area contributed by atoms with E-state index in [1.807, 2.05) is 0 Å². The molecule has 0 aromatic carbocycles. The van der Waals surface area contributed by atoms with Crippen molar-refractivity contribution in [1.82, 2.24) is 0 Å². The zero-order chi connectivity index (χ0) is 5.86. The Hall–Kier alpha value is -0.0100. The summed E-state index contributed by atoms with van der Waals surface area (Å²) in [5.41, 5.74) is 4.94. The van der Waals surface area contributed by atoms with Crippen LogP contribution in [0.15, 0.2) is 0 Å². The average Bonchev–Trinajstić information content (AvgIpc) is 1.65. The van der Waals surface area contributed by atoms with Crippen molar-refractivity contribution in [2.45, 2.75) is 6.04 Å². The molecule has 0 bridgehead atoms. The fourth-order valence-electron chi connectivity index (χ4n) is 0.0781. The highest BCUT2D eigenvalue weighted by Crippen LogP contribution is 1.80. The van der Waals surface area contributed by atoms with Crippen molar-refractivity contribution in [3.8, 4) is 0 Å². The van der Waals surface area contributed by atoms with E-state index in [4.69, 9.17) is 10.8 Å². The van der Waals surface area contributed by atoms with Gasteiger partial charge in [-0.1, -0.05) is 0 Å². The minimum Gasteiger partial charge on any atom is -0.480 e. The van der Waals surface area contributed by atoms with Gasteiger partial charge >= 0.3 is 5.97 Å². The van der Waals surface area contributed by atoms with Gasteiger partial charge in [-0.15, -0.1) is 12.4 Å². The van der Waals surface area contributed by atoms with Crippen molar-refractivity contribution >= 4 is 31.0 Å². The Morgan fingerprint density at radius 1 is 1.60 bits per heavy atom. The number of carboxylic acids is 1. The van der Waals surface area contributed by atoms with Crippen molar-refractivity contribution in [1.29, 1.82) is 0 Å². The van der Waals surface area contributed by atoms with Gasteiger partial charge in [-0.05, 0) is 0 Å². The van der Waals surface area contributed by atoms with Gasteiger partial charge in [-0.3, -0.25) is 4.79 Å². The number of thiol groups is 1. The summed E-state index contributed by atoms with van der Waals surface area (Å²) in [4.78, 5) is 9.76.